The second kappa shape index (κ2) is 5.40. The average molecular weight is 323 g/mol. The van der Waals surface area contributed by atoms with Gasteiger partial charge in [0.15, 0.2) is 11.6 Å². The van der Waals surface area contributed by atoms with Gasteiger partial charge in [-0.15, -0.1) is 0 Å². The van der Waals surface area contributed by atoms with E-state index in [1.807, 2.05) is 0 Å². The maximum absolute atomic E-state index is 13.9. The van der Waals surface area contributed by atoms with Gasteiger partial charge in [0.1, 0.15) is 11.6 Å². The van der Waals surface area contributed by atoms with Crippen LogP contribution in [0.5, 0.6) is 11.5 Å². The molecule has 0 spiro atoms. The number of benzene rings is 2. The first kappa shape index (κ1) is 13.5. The number of hydrogen-bond acceptors (Lipinski definition) is 2. The lowest BCUT2D eigenvalue weighted by Crippen LogP contribution is -2.13. The minimum atomic E-state index is -0.419. The van der Waals surface area contributed by atoms with Gasteiger partial charge in [0.25, 0.3) is 0 Å². The molecule has 3 nitrogen and oxygen atoms in total. The molecule has 0 saturated heterocycles. The van der Waals surface area contributed by atoms with Gasteiger partial charge < -0.3 is 10.5 Å². The Labute approximate surface area is 118 Å². The first-order valence-corrected chi connectivity index (χ1v) is 6.36. The maximum Gasteiger partial charge on any atom is 0.168 e. The highest BCUT2D eigenvalue weighted by Gasteiger charge is 2.14. The summed E-state index contributed by atoms with van der Waals surface area (Å²) >= 11 is 3.30. The summed E-state index contributed by atoms with van der Waals surface area (Å²) in [6, 6.07) is 10.0. The van der Waals surface area contributed by atoms with Crippen molar-refractivity contribution in [3.05, 3.63) is 57.8 Å². The Morgan fingerprint density at radius 1 is 1.21 bits per heavy atom. The molecule has 2 aromatic carbocycles. The molecule has 19 heavy (non-hydrogen) atoms. The Hall–Kier alpha value is -1.88. The van der Waals surface area contributed by atoms with Crippen molar-refractivity contribution in [2.24, 2.45) is 5.73 Å². The van der Waals surface area contributed by atoms with Gasteiger partial charge in [0.05, 0.1) is 5.56 Å². The highest BCUT2D eigenvalue weighted by atomic mass is 79.9. The molecule has 0 fully saturated rings. The first-order chi connectivity index (χ1) is 9.00. The van der Waals surface area contributed by atoms with Gasteiger partial charge in [-0.3, -0.25) is 5.41 Å². The molecule has 2 aromatic rings. The predicted octanol–water partition coefficient (Wildman–Crippen LogP) is 3.97. The monoisotopic (exact) mass is 322 g/mol. The molecule has 0 aliphatic carbocycles. The van der Waals surface area contributed by atoms with Gasteiger partial charge in [-0.05, 0) is 46.6 Å². The van der Waals surface area contributed by atoms with E-state index in [-0.39, 0.29) is 11.6 Å². The Bertz CT molecular complexity index is 643. The number of hydrogen-bond donors (Lipinski definition) is 2. The van der Waals surface area contributed by atoms with Gasteiger partial charge in [-0.2, -0.15) is 0 Å². The van der Waals surface area contributed by atoms with Crippen molar-refractivity contribution in [2.45, 2.75) is 6.92 Å². The maximum atomic E-state index is 13.9. The average Bonchev–Trinajstić information content (AvgIpc) is 2.34. The summed E-state index contributed by atoms with van der Waals surface area (Å²) in [7, 11) is 0. The number of aryl methyl sites for hydroxylation is 1. The van der Waals surface area contributed by atoms with Gasteiger partial charge in [-0.1, -0.05) is 18.2 Å². The normalized spacial score (nSPS) is 10.3. The third-order valence-electron chi connectivity index (χ3n) is 2.62. The highest BCUT2D eigenvalue weighted by Crippen LogP contribution is 2.32. The lowest BCUT2D eigenvalue weighted by molar-refractivity contribution is 0.439. The fourth-order valence-corrected chi connectivity index (χ4v) is 2.23. The van der Waals surface area contributed by atoms with Crippen LogP contribution in [0.15, 0.2) is 40.9 Å². The smallest absolute Gasteiger partial charge is 0.168 e. The van der Waals surface area contributed by atoms with E-state index in [2.05, 4.69) is 15.9 Å². The molecule has 0 atom stereocenters. The van der Waals surface area contributed by atoms with E-state index in [1.165, 1.54) is 6.07 Å². The molecule has 0 heterocycles. The van der Waals surface area contributed by atoms with E-state index in [0.29, 0.717) is 21.3 Å². The second-order valence-electron chi connectivity index (χ2n) is 4.02. The van der Waals surface area contributed by atoms with Crippen molar-refractivity contribution < 1.29 is 9.13 Å². The second-order valence-corrected chi connectivity index (χ2v) is 4.87. The minimum Gasteiger partial charge on any atom is -0.453 e. The SMILES string of the molecule is Cc1cccc(Oc2cccc(Br)c2C(=N)N)c1F. The summed E-state index contributed by atoms with van der Waals surface area (Å²) in [6.07, 6.45) is 0. The Kier molecular flexibility index (Phi) is 3.85. The summed E-state index contributed by atoms with van der Waals surface area (Å²) in [6.45, 7) is 1.66. The van der Waals surface area contributed by atoms with Crippen molar-refractivity contribution in [1.29, 1.82) is 5.41 Å². The third kappa shape index (κ3) is 2.76. The standard InChI is InChI=1S/C14H12BrFN2O/c1-8-4-2-7-11(13(8)16)19-10-6-3-5-9(15)12(10)14(17)18/h2-7H,1H3,(H3,17,18). The lowest BCUT2D eigenvalue weighted by atomic mass is 10.2. The summed E-state index contributed by atoms with van der Waals surface area (Å²) in [5.74, 6) is -0.112. The molecule has 98 valence electrons. The number of nitrogen functional groups attached to an aromatic ring is 1. The summed E-state index contributed by atoms with van der Waals surface area (Å²) in [5, 5.41) is 7.55. The first-order valence-electron chi connectivity index (χ1n) is 5.56. The van der Waals surface area contributed by atoms with Crippen LogP contribution < -0.4 is 10.5 Å². The zero-order chi connectivity index (χ0) is 14.0. The molecule has 5 heteroatoms. The highest BCUT2D eigenvalue weighted by molar-refractivity contribution is 9.10. The Morgan fingerprint density at radius 3 is 2.53 bits per heavy atom. The number of rotatable bonds is 3. The number of halogens is 2. The molecule has 0 aromatic heterocycles. The van der Waals surface area contributed by atoms with Crippen LogP contribution in [0, 0.1) is 18.2 Å². The van der Waals surface area contributed by atoms with Crippen LogP contribution in [0.25, 0.3) is 0 Å². The van der Waals surface area contributed by atoms with Crippen LogP contribution in [0.2, 0.25) is 0 Å². The third-order valence-corrected chi connectivity index (χ3v) is 3.28. The molecule has 3 N–H and O–H groups in total. The van der Waals surface area contributed by atoms with E-state index in [4.69, 9.17) is 15.9 Å². The minimum absolute atomic E-state index is 0.112. The number of amidine groups is 1. The number of nitrogens with one attached hydrogen (secondary N) is 1. The van der Waals surface area contributed by atoms with Crippen LogP contribution in [0.3, 0.4) is 0 Å². The molecule has 0 bridgehead atoms. The lowest BCUT2D eigenvalue weighted by Gasteiger charge is -2.12. The topological polar surface area (TPSA) is 59.1 Å². The van der Waals surface area contributed by atoms with Crippen molar-refractivity contribution >= 4 is 21.8 Å². The van der Waals surface area contributed by atoms with E-state index in [1.54, 1.807) is 37.3 Å². The molecular weight excluding hydrogens is 311 g/mol. The fourth-order valence-electron chi connectivity index (χ4n) is 1.67. The predicted molar refractivity (Wildman–Crippen MR) is 76.4 cm³/mol. The number of ether oxygens (including phenoxy) is 1. The van der Waals surface area contributed by atoms with E-state index >= 15 is 0 Å². The number of nitrogens with two attached hydrogens (primary N) is 1. The summed E-state index contributed by atoms with van der Waals surface area (Å²) < 4.78 is 20.1. The molecule has 0 aliphatic heterocycles. The van der Waals surface area contributed by atoms with Crippen LogP contribution in [-0.4, -0.2) is 5.84 Å². The van der Waals surface area contributed by atoms with Crippen molar-refractivity contribution in [3.63, 3.8) is 0 Å². The van der Waals surface area contributed by atoms with Crippen molar-refractivity contribution in [2.75, 3.05) is 0 Å². The molecule has 0 saturated carbocycles. The molecule has 0 aliphatic rings. The van der Waals surface area contributed by atoms with Crippen LogP contribution in [-0.2, 0) is 0 Å². The summed E-state index contributed by atoms with van der Waals surface area (Å²) in [4.78, 5) is 0. The van der Waals surface area contributed by atoms with Gasteiger partial charge in [-0.25, -0.2) is 4.39 Å². The van der Waals surface area contributed by atoms with Crippen LogP contribution >= 0.6 is 15.9 Å². The fraction of sp³-hybridized carbons (Fsp3) is 0.0714. The Balaban J connectivity index is 2.47. The molecular formula is C14H12BrFN2O. The zero-order valence-electron chi connectivity index (χ0n) is 10.2. The van der Waals surface area contributed by atoms with Crippen molar-refractivity contribution in [3.8, 4) is 11.5 Å². The largest absolute Gasteiger partial charge is 0.453 e. The van der Waals surface area contributed by atoms with E-state index in [0.717, 1.165) is 0 Å². The van der Waals surface area contributed by atoms with Crippen molar-refractivity contribution in [1.82, 2.24) is 0 Å². The summed E-state index contributed by atoms with van der Waals surface area (Å²) in [5.41, 5.74) is 6.42. The Morgan fingerprint density at radius 2 is 1.84 bits per heavy atom. The van der Waals surface area contributed by atoms with Gasteiger partial charge in [0.2, 0.25) is 0 Å². The van der Waals surface area contributed by atoms with E-state index in [9.17, 15) is 4.39 Å². The van der Waals surface area contributed by atoms with Crippen LogP contribution in [0.1, 0.15) is 11.1 Å². The van der Waals surface area contributed by atoms with Gasteiger partial charge >= 0.3 is 0 Å². The molecule has 0 unspecified atom stereocenters. The molecule has 0 radical (unpaired) electrons. The quantitative estimate of drug-likeness (QED) is 0.663. The zero-order valence-corrected chi connectivity index (χ0v) is 11.8. The van der Waals surface area contributed by atoms with E-state index < -0.39 is 5.82 Å². The molecule has 2 rings (SSSR count). The van der Waals surface area contributed by atoms with Crippen LogP contribution in [0.4, 0.5) is 4.39 Å². The van der Waals surface area contributed by atoms with Gasteiger partial charge in [0, 0.05) is 4.47 Å². The molecule has 0 amide bonds.